The number of anilines is 1. The van der Waals surface area contributed by atoms with Gasteiger partial charge in [0.1, 0.15) is 6.54 Å². The number of halogens is 1. The number of fused-ring (bicyclic) bond motifs is 1. The molecule has 0 aromatic heterocycles. The SMILES string of the molecule is CCOCCCNC(=O)CN1C(=O)/C(=C\c2cccc(Br)c2)Sc2ccccc21. The van der Waals surface area contributed by atoms with E-state index >= 15 is 0 Å². The zero-order valence-corrected chi connectivity index (χ0v) is 18.6. The number of para-hydroxylation sites is 1. The van der Waals surface area contributed by atoms with E-state index in [1.165, 1.54) is 11.8 Å². The fourth-order valence-electron chi connectivity index (χ4n) is 2.91. The van der Waals surface area contributed by atoms with Gasteiger partial charge in [0.05, 0.1) is 10.6 Å². The molecule has 0 aliphatic carbocycles. The third-order valence-corrected chi connectivity index (χ3v) is 5.84. The normalized spacial score (nSPS) is 14.8. The first-order valence-electron chi connectivity index (χ1n) is 9.49. The van der Waals surface area contributed by atoms with Crippen molar-refractivity contribution >= 4 is 51.3 Å². The van der Waals surface area contributed by atoms with Crippen LogP contribution in [0.5, 0.6) is 0 Å². The number of ether oxygens (including phenoxy) is 1. The number of benzene rings is 2. The van der Waals surface area contributed by atoms with Gasteiger partial charge < -0.3 is 10.1 Å². The maximum absolute atomic E-state index is 13.2. The summed E-state index contributed by atoms with van der Waals surface area (Å²) in [6.45, 7) is 3.73. The van der Waals surface area contributed by atoms with E-state index in [1.807, 2.05) is 61.5 Å². The first kappa shape index (κ1) is 21.6. The highest BCUT2D eigenvalue weighted by molar-refractivity contribution is 9.10. The van der Waals surface area contributed by atoms with Crippen LogP contribution in [0.25, 0.3) is 6.08 Å². The van der Waals surface area contributed by atoms with Crippen molar-refractivity contribution in [3.05, 3.63) is 63.5 Å². The minimum absolute atomic E-state index is 0.0130. The summed E-state index contributed by atoms with van der Waals surface area (Å²) >= 11 is 4.89. The summed E-state index contributed by atoms with van der Waals surface area (Å²) in [7, 11) is 0. The first-order chi connectivity index (χ1) is 14.1. The van der Waals surface area contributed by atoms with Gasteiger partial charge in [0.15, 0.2) is 0 Å². The molecule has 1 N–H and O–H groups in total. The Kier molecular flexibility index (Phi) is 7.91. The maximum Gasteiger partial charge on any atom is 0.265 e. The maximum atomic E-state index is 13.2. The van der Waals surface area contributed by atoms with Crippen LogP contribution in [-0.2, 0) is 14.3 Å². The number of carbonyl (C=O) groups excluding carboxylic acids is 2. The Bertz CT molecular complexity index is 916. The Morgan fingerprint density at radius 3 is 2.86 bits per heavy atom. The second-order valence-electron chi connectivity index (χ2n) is 6.43. The fraction of sp³-hybridized carbons (Fsp3) is 0.273. The summed E-state index contributed by atoms with van der Waals surface area (Å²) in [6.07, 6.45) is 2.61. The minimum Gasteiger partial charge on any atom is -0.382 e. The predicted molar refractivity (Wildman–Crippen MR) is 121 cm³/mol. The van der Waals surface area contributed by atoms with Crippen molar-refractivity contribution in [3.63, 3.8) is 0 Å². The van der Waals surface area contributed by atoms with Crippen molar-refractivity contribution in [2.75, 3.05) is 31.2 Å². The lowest BCUT2D eigenvalue weighted by Crippen LogP contribution is -2.43. The van der Waals surface area contributed by atoms with Crippen LogP contribution < -0.4 is 10.2 Å². The smallest absolute Gasteiger partial charge is 0.265 e. The summed E-state index contributed by atoms with van der Waals surface area (Å²) in [4.78, 5) is 28.7. The molecule has 0 atom stereocenters. The highest BCUT2D eigenvalue weighted by atomic mass is 79.9. The molecule has 0 fully saturated rings. The molecule has 29 heavy (non-hydrogen) atoms. The van der Waals surface area contributed by atoms with E-state index < -0.39 is 0 Å². The van der Waals surface area contributed by atoms with Crippen LogP contribution in [0.15, 0.2) is 62.8 Å². The summed E-state index contributed by atoms with van der Waals surface area (Å²) < 4.78 is 6.23. The number of nitrogens with one attached hydrogen (secondary N) is 1. The van der Waals surface area contributed by atoms with Crippen molar-refractivity contribution < 1.29 is 14.3 Å². The Morgan fingerprint density at radius 2 is 2.07 bits per heavy atom. The van der Waals surface area contributed by atoms with Crippen molar-refractivity contribution in [2.24, 2.45) is 0 Å². The molecule has 2 aromatic rings. The van der Waals surface area contributed by atoms with E-state index in [-0.39, 0.29) is 18.4 Å². The Morgan fingerprint density at radius 1 is 1.24 bits per heavy atom. The van der Waals surface area contributed by atoms with Crippen molar-refractivity contribution in [1.29, 1.82) is 0 Å². The monoisotopic (exact) mass is 474 g/mol. The predicted octanol–water partition coefficient (Wildman–Crippen LogP) is 4.47. The largest absolute Gasteiger partial charge is 0.382 e. The van der Waals surface area contributed by atoms with Gasteiger partial charge in [-0.1, -0.05) is 52.0 Å². The molecule has 0 radical (unpaired) electrons. The van der Waals surface area contributed by atoms with Gasteiger partial charge in [0.25, 0.3) is 5.91 Å². The van der Waals surface area contributed by atoms with Crippen LogP contribution in [0.3, 0.4) is 0 Å². The number of hydrogen-bond donors (Lipinski definition) is 1. The lowest BCUT2D eigenvalue weighted by Gasteiger charge is -2.29. The number of amides is 2. The van der Waals surface area contributed by atoms with Gasteiger partial charge in [-0.2, -0.15) is 0 Å². The average Bonchev–Trinajstić information content (AvgIpc) is 2.71. The average molecular weight is 475 g/mol. The molecular formula is C22H23BrN2O3S. The zero-order chi connectivity index (χ0) is 20.6. The molecule has 0 spiro atoms. The molecule has 0 saturated carbocycles. The topological polar surface area (TPSA) is 58.6 Å². The quantitative estimate of drug-likeness (QED) is 0.452. The van der Waals surface area contributed by atoms with Crippen LogP contribution in [0.4, 0.5) is 5.69 Å². The van der Waals surface area contributed by atoms with Gasteiger partial charge in [-0.3, -0.25) is 14.5 Å². The van der Waals surface area contributed by atoms with Gasteiger partial charge in [-0.05, 0) is 49.2 Å². The molecule has 0 unspecified atom stereocenters. The Labute approximate surface area is 183 Å². The van der Waals surface area contributed by atoms with Crippen molar-refractivity contribution in [1.82, 2.24) is 5.32 Å². The summed E-state index contributed by atoms with van der Waals surface area (Å²) in [5, 5.41) is 2.87. The molecule has 7 heteroatoms. The number of nitrogens with zero attached hydrogens (tertiary/aromatic N) is 1. The molecule has 1 aliphatic rings. The summed E-state index contributed by atoms with van der Waals surface area (Å²) in [5.41, 5.74) is 1.69. The molecule has 0 bridgehead atoms. The van der Waals surface area contributed by atoms with E-state index in [1.54, 1.807) is 4.90 Å². The van der Waals surface area contributed by atoms with E-state index in [0.717, 1.165) is 27.0 Å². The van der Waals surface area contributed by atoms with Gasteiger partial charge in [0, 0.05) is 29.1 Å². The highest BCUT2D eigenvalue weighted by Crippen LogP contribution is 2.41. The minimum atomic E-state index is -0.182. The standard InChI is InChI=1S/C22H23BrN2O3S/c1-2-28-12-6-11-24-21(26)15-25-18-9-3-4-10-19(18)29-20(22(25)27)14-16-7-5-8-17(23)13-16/h3-5,7-10,13-14H,2,6,11-12,15H2,1H3,(H,24,26)/b20-14+. The second-order valence-corrected chi connectivity index (χ2v) is 8.42. The van der Waals surface area contributed by atoms with Gasteiger partial charge in [0.2, 0.25) is 5.91 Å². The molecular weight excluding hydrogens is 452 g/mol. The Balaban J connectivity index is 1.76. The number of carbonyl (C=O) groups is 2. The first-order valence-corrected chi connectivity index (χ1v) is 11.1. The molecule has 0 saturated heterocycles. The molecule has 152 valence electrons. The Hall–Kier alpha value is -2.09. The molecule has 5 nitrogen and oxygen atoms in total. The third-order valence-electron chi connectivity index (χ3n) is 4.27. The van der Waals surface area contributed by atoms with E-state index in [4.69, 9.17) is 4.74 Å². The van der Waals surface area contributed by atoms with Crippen LogP contribution in [0.2, 0.25) is 0 Å². The highest BCUT2D eigenvalue weighted by Gasteiger charge is 2.30. The number of thioether (sulfide) groups is 1. The van der Waals surface area contributed by atoms with E-state index in [9.17, 15) is 9.59 Å². The molecule has 1 heterocycles. The third kappa shape index (κ3) is 5.95. The molecule has 3 rings (SSSR count). The lowest BCUT2D eigenvalue weighted by molar-refractivity contribution is -0.122. The number of rotatable bonds is 8. The van der Waals surface area contributed by atoms with Crippen LogP contribution in [0.1, 0.15) is 18.9 Å². The van der Waals surface area contributed by atoms with E-state index in [0.29, 0.717) is 24.7 Å². The van der Waals surface area contributed by atoms with Crippen molar-refractivity contribution in [3.8, 4) is 0 Å². The van der Waals surface area contributed by atoms with Crippen molar-refractivity contribution in [2.45, 2.75) is 18.2 Å². The molecule has 1 aliphatic heterocycles. The second kappa shape index (κ2) is 10.6. The van der Waals surface area contributed by atoms with Gasteiger partial charge >= 0.3 is 0 Å². The van der Waals surface area contributed by atoms with Crippen LogP contribution in [-0.4, -0.2) is 38.1 Å². The van der Waals surface area contributed by atoms with E-state index in [2.05, 4.69) is 21.2 Å². The molecule has 2 amide bonds. The lowest BCUT2D eigenvalue weighted by atomic mass is 10.2. The fourth-order valence-corrected chi connectivity index (χ4v) is 4.39. The van der Waals surface area contributed by atoms with Crippen LogP contribution >= 0.6 is 27.7 Å². The number of hydrogen-bond acceptors (Lipinski definition) is 4. The van der Waals surface area contributed by atoms with Crippen LogP contribution in [0, 0.1) is 0 Å². The summed E-state index contributed by atoms with van der Waals surface area (Å²) in [6, 6.07) is 15.4. The summed E-state index contributed by atoms with van der Waals surface area (Å²) in [5.74, 6) is -0.350. The van der Waals surface area contributed by atoms with Gasteiger partial charge in [-0.15, -0.1) is 0 Å². The van der Waals surface area contributed by atoms with Gasteiger partial charge in [-0.25, -0.2) is 0 Å². The zero-order valence-electron chi connectivity index (χ0n) is 16.2. The molecule has 2 aromatic carbocycles.